The predicted octanol–water partition coefficient (Wildman–Crippen LogP) is 4.55. The molecular weight excluding hydrogens is 274 g/mol. The van der Waals surface area contributed by atoms with Crippen molar-refractivity contribution in [3.63, 3.8) is 0 Å². The van der Waals surface area contributed by atoms with Crippen LogP contribution < -0.4 is 0 Å². The molecule has 0 saturated carbocycles. The number of fused-ring (bicyclic) bond motifs is 1. The first-order valence-corrected chi connectivity index (χ1v) is 8.01. The Kier molecular flexibility index (Phi) is 6.15. The van der Waals surface area contributed by atoms with Gasteiger partial charge in [0.05, 0.1) is 6.04 Å². The summed E-state index contributed by atoms with van der Waals surface area (Å²) in [6.07, 6.45) is 1.78. The highest BCUT2D eigenvalue weighted by atomic mass is 16.2. The Hall–Kier alpha value is -1.84. The second kappa shape index (κ2) is 7.43. The second-order valence-electron chi connectivity index (χ2n) is 5.94. The molecule has 1 aliphatic rings. The van der Waals surface area contributed by atoms with Gasteiger partial charge in [-0.25, -0.2) is 4.99 Å². The van der Waals surface area contributed by atoms with Crippen LogP contribution in [0.5, 0.6) is 0 Å². The quantitative estimate of drug-likeness (QED) is 0.755. The lowest BCUT2D eigenvalue weighted by molar-refractivity contribution is 0.0697. The van der Waals surface area contributed by atoms with Crippen molar-refractivity contribution in [2.75, 3.05) is 13.6 Å². The van der Waals surface area contributed by atoms with Crippen molar-refractivity contribution in [3.05, 3.63) is 23.9 Å². The number of carbonyl (C=O) groups excluding carboxylic acids is 1. The van der Waals surface area contributed by atoms with Crippen LogP contribution in [0.25, 0.3) is 6.08 Å². The first-order valence-electron chi connectivity index (χ1n) is 8.01. The lowest BCUT2D eigenvalue weighted by Crippen LogP contribution is -2.41. The van der Waals surface area contributed by atoms with Crippen LogP contribution in [0, 0.1) is 5.92 Å². The van der Waals surface area contributed by atoms with Crippen LogP contribution in [-0.2, 0) is 0 Å². The third kappa shape index (κ3) is 3.32. The molecule has 1 aromatic rings. The topological polar surface area (TPSA) is 37.6 Å². The lowest BCUT2D eigenvalue weighted by Gasteiger charge is -2.35. The molecule has 1 atom stereocenters. The standard InChI is InChI=1S/C16H23N3O.C2H6/c1-7-12-8-13-16(20)18(6)9-14(10(2)3)19(13)15(12)17-11(4)5;1-2/h7-8,10,14H,1,9H2,2-6H3;1-2H3. The molecule has 0 aliphatic carbocycles. The van der Waals surface area contributed by atoms with Gasteiger partial charge in [-0.3, -0.25) is 4.79 Å². The van der Waals surface area contributed by atoms with Crippen molar-refractivity contribution in [1.82, 2.24) is 9.47 Å². The van der Waals surface area contributed by atoms with Crippen LogP contribution in [0.2, 0.25) is 0 Å². The predicted molar refractivity (Wildman–Crippen MR) is 95.1 cm³/mol. The van der Waals surface area contributed by atoms with Crippen LogP contribution in [-0.4, -0.2) is 34.7 Å². The number of aromatic nitrogens is 1. The second-order valence-corrected chi connectivity index (χ2v) is 5.94. The Bertz CT molecular complexity index is 577. The van der Waals surface area contributed by atoms with Gasteiger partial charge in [-0.1, -0.05) is 40.3 Å². The third-order valence-electron chi connectivity index (χ3n) is 3.72. The van der Waals surface area contributed by atoms with Gasteiger partial charge in [-0.2, -0.15) is 0 Å². The molecule has 1 aromatic heterocycles. The number of aliphatic imine (C=N–C) groups is 1. The molecule has 0 spiro atoms. The maximum atomic E-state index is 12.4. The van der Waals surface area contributed by atoms with E-state index in [2.05, 4.69) is 30.0 Å². The highest BCUT2D eigenvalue weighted by Crippen LogP contribution is 2.36. The molecule has 0 saturated heterocycles. The van der Waals surface area contributed by atoms with Crippen molar-refractivity contribution in [3.8, 4) is 0 Å². The van der Waals surface area contributed by atoms with E-state index in [1.807, 2.05) is 40.8 Å². The Morgan fingerprint density at radius 2 is 2.00 bits per heavy atom. The van der Waals surface area contributed by atoms with Crippen LogP contribution in [0.3, 0.4) is 0 Å². The summed E-state index contributed by atoms with van der Waals surface area (Å²) in [7, 11) is 1.86. The minimum absolute atomic E-state index is 0.0557. The van der Waals surface area contributed by atoms with E-state index >= 15 is 0 Å². The molecule has 2 rings (SSSR count). The zero-order valence-electron chi connectivity index (χ0n) is 15.0. The highest BCUT2D eigenvalue weighted by molar-refractivity contribution is 5.96. The van der Waals surface area contributed by atoms with Crippen LogP contribution in [0.15, 0.2) is 17.6 Å². The van der Waals surface area contributed by atoms with Gasteiger partial charge in [0.2, 0.25) is 0 Å². The van der Waals surface area contributed by atoms with Crippen LogP contribution >= 0.6 is 0 Å². The molecule has 1 unspecified atom stereocenters. The van der Waals surface area contributed by atoms with Gasteiger partial charge in [0.1, 0.15) is 11.5 Å². The largest absolute Gasteiger partial charge is 0.338 e. The zero-order chi connectivity index (χ0) is 17.0. The number of hydrogen-bond acceptors (Lipinski definition) is 2. The lowest BCUT2D eigenvalue weighted by atomic mass is 10.0. The minimum atomic E-state index is 0.0557. The summed E-state index contributed by atoms with van der Waals surface area (Å²) in [5.74, 6) is 1.34. The number of rotatable bonds is 3. The van der Waals surface area contributed by atoms with E-state index in [9.17, 15) is 4.79 Å². The maximum Gasteiger partial charge on any atom is 0.270 e. The summed E-state index contributed by atoms with van der Waals surface area (Å²) in [4.78, 5) is 18.8. The van der Waals surface area contributed by atoms with E-state index in [1.165, 1.54) is 0 Å². The normalized spacial score (nSPS) is 16.8. The van der Waals surface area contributed by atoms with Gasteiger partial charge in [0, 0.05) is 24.9 Å². The SMILES string of the molecule is C=Cc1cc2n(c1N=C(C)C)C(C(C)C)CN(C)C2=O.CC. The van der Waals surface area contributed by atoms with Crippen molar-refractivity contribution in [2.24, 2.45) is 10.9 Å². The van der Waals surface area contributed by atoms with Crippen molar-refractivity contribution in [2.45, 2.75) is 47.6 Å². The van der Waals surface area contributed by atoms with E-state index in [1.54, 1.807) is 11.0 Å². The molecule has 0 N–H and O–H groups in total. The van der Waals surface area contributed by atoms with Gasteiger partial charge in [-0.15, -0.1) is 0 Å². The molecule has 2 heterocycles. The summed E-state index contributed by atoms with van der Waals surface area (Å²) in [6, 6.07) is 2.15. The van der Waals surface area contributed by atoms with E-state index in [0.29, 0.717) is 11.6 Å². The maximum absolute atomic E-state index is 12.4. The number of hydrogen-bond donors (Lipinski definition) is 0. The Balaban J connectivity index is 0.00000116. The van der Waals surface area contributed by atoms with E-state index in [4.69, 9.17) is 0 Å². The van der Waals surface area contributed by atoms with Gasteiger partial charge in [0.15, 0.2) is 0 Å². The molecule has 4 nitrogen and oxygen atoms in total. The van der Waals surface area contributed by atoms with Gasteiger partial charge in [-0.05, 0) is 25.8 Å². The summed E-state index contributed by atoms with van der Waals surface area (Å²) in [5.41, 5.74) is 2.62. The Morgan fingerprint density at radius 3 is 2.45 bits per heavy atom. The molecule has 0 radical (unpaired) electrons. The fraction of sp³-hybridized carbons (Fsp3) is 0.556. The van der Waals surface area contributed by atoms with Gasteiger partial charge in [0.25, 0.3) is 5.91 Å². The average molecular weight is 303 g/mol. The van der Waals surface area contributed by atoms with Crippen molar-refractivity contribution >= 4 is 23.5 Å². The van der Waals surface area contributed by atoms with E-state index in [0.717, 1.165) is 23.6 Å². The van der Waals surface area contributed by atoms with Crippen molar-refractivity contribution < 1.29 is 4.79 Å². The van der Waals surface area contributed by atoms with Gasteiger partial charge < -0.3 is 9.47 Å². The molecule has 4 heteroatoms. The molecule has 1 aliphatic heterocycles. The number of likely N-dealkylation sites (N-methyl/N-ethyl adjacent to an activating group) is 1. The van der Waals surface area contributed by atoms with E-state index in [-0.39, 0.29) is 11.9 Å². The molecule has 0 bridgehead atoms. The fourth-order valence-electron chi connectivity index (χ4n) is 2.67. The molecule has 0 fully saturated rings. The van der Waals surface area contributed by atoms with Gasteiger partial charge >= 0.3 is 0 Å². The molecular formula is C18H29N3O. The smallest absolute Gasteiger partial charge is 0.270 e. The molecule has 22 heavy (non-hydrogen) atoms. The number of amides is 1. The highest BCUT2D eigenvalue weighted by Gasteiger charge is 2.33. The van der Waals surface area contributed by atoms with Crippen LogP contribution in [0.4, 0.5) is 5.82 Å². The van der Waals surface area contributed by atoms with E-state index < -0.39 is 0 Å². The Labute approximate surface area is 134 Å². The first-order chi connectivity index (χ1) is 10.4. The zero-order valence-corrected chi connectivity index (χ0v) is 15.0. The summed E-state index contributed by atoms with van der Waals surface area (Å²) < 4.78 is 2.09. The summed E-state index contributed by atoms with van der Waals surface area (Å²) >= 11 is 0. The van der Waals surface area contributed by atoms with Crippen LogP contribution in [0.1, 0.15) is 63.6 Å². The Morgan fingerprint density at radius 1 is 1.41 bits per heavy atom. The summed E-state index contributed by atoms with van der Waals surface area (Å²) in [6.45, 7) is 16.9. The average Bonchev–Trinajstić information content (AvgIpc) is 2.83. The minimum Gasteiger partial charge on any atom is -0.338 e. The molecule has 0 aromatic carbocycles. The summed E-state index contributed by atoms with van der Waals surface area (Å²) in [5, 5.41) is 0. The molecule has 122 valence electrons. The van der Waals surface area contributed by atoms with Crippen molar-refractivity contribution in [1.29, 1.82) is 0 Å². The first kappa shape index (κ1) is 18.2. The third-order valence-corrected chi connectivity index (χ3v) is 3.72. The fourth-order valence-corrected chi connectivity index (χ4v) is 2.67. The number of nitrogens with zero attached hydrogens (tertiary/aromatic N) is 3. The number of carbonyl (C=O) groups is 1. The monoisotopic (exact) mass is 303 g/mol. The molecule has 1 amide bonds.